The van der Waals surface area contributed by atoms with Gasteiger partial charge in [0.15, 0.2) is 0 Å². The second-order valence-corrected chi connectivity index (χ2v) is 6.83. The van der Waals surface area contributed by atoms with E-state index in [1.54, 1.807) is 50.2 Å². The van der Waals surface area contributed by atoms with Crippen molar-refractivity contribution in [3.05, 3.63) is 60.7 Å². The number of rotatable bonds is 6. The van der Waals surface area contributed by atoms with Gasteiger partial charge in [-0.3, -0.25) is 9.59 Å². The Labute approximate surface area is 147 Å². The lowest BCUT2D eigenvalue weighted by Crippen LogP contribution is -2.49. The van der Waals surface area contributed by atoms with E-state index in [0.29, 0.717) is 8.61 Å². The van der Waals surface area contributed by atoms with Gasteiger partial charge in [-0.25, -0.2) is 0 Å². The van der Waals surface area contributed by atoms with E-state index in [9.17, 15) is 18.0 Å². The third-order valence-electron chi connectivity index (χ3n) is 3.50. The molecule has 0 aliphatic heterocycles. The largest absolute Gasteiger partial charge is 0.339 e. The Kier molecular flexibility index (Phi) is 5.93. The maximum atomic E-state index is 13.2. The number of hydrogen-bond acceptors (Lipinski definition) is 4. The Balaban J connectivity index is 2.64. The number of para-hydroxylation sites is 2. The van der Waals surface area contributed by atoms with Crippen molar-refractivity contribution in [1.29, 1.82) is 0 Å². The molecule has 2 aromatic rings. The lowest BCUT2D eigenvalue weighted by atomic mass is 10.3. The molecule has 0 spiro atoms. The van der Waals surface area contributed by atoms with Crippen LogP contribution in [-0.2, 0) is 19.8 Å². The summed E-state index contributed by atoms with van der Waals surface area (Å²) < 4.78 is 27.9. The Morgan fingerprint density at radius 1 is 0.720 bits per heavy atom. The van der Waals surface area contributed by atoms with Crippen LogP contribution >= 0.6 is 0 Å². The number of hydrogen-bond donors (Lipinski definition) is 0. The number of carbonyl (C=O) groups is 2. The zero-order chi connectivity index (χ0) is 18.4. The smallest absolute Gasteiger partial charge is 0.273 e. The van der Waals surface area contributed by atoms with Gasteiger partial charge >= 0.3 is 10.2 Å². The minimum absolute atomic E-state index is 0.0168. The fourth-order valence-corrected chi connectivity index (χ4v) is 4.02. The third kappa shape index (κ3) is 3.88. The predicted octanol–water partition coefficient (Wildman–Crippen LogP) is 3.12. The minimum atomic E-state index is -4.42. The van der Waals surface area contributed by atoms with Crippen molar-refractivity contribution in [2.45, 2.75) is 26.7 Å². The number of amides is 2. The van der Waals surface area contributed by atoms with Crippen LogP contribution in [0.15, 0.2) is 60.7 Å². The highest BCUT2D eigenvalue weighted by Crippen LogP contribution is 2.26. The molecule has 0 aliphatic carbocycles. The van der Waals surface area contributed by atoms with E-state index in [-0.39, 0.29) is 24.2 Å². The van der Waals surface area contributed by atoms with E-state index in [1.807, 2.05) is 0 Å². The van der Waals surface area contributed by atoms with Crippen LogP contribution < -0.4 is 8.61 Å². The van der Waals surface area contributed by atoms with E-state index in [0.717, 1.165) is 0 Å². The molecule has 2 aromatic carbocycles. The quantitative estimate of drug-likeness (QED) is 0.793. The van der Waals surface area contributed by atoms with Gasteiger partial charge in [0.25, 0.3) is 0 Å². The highest BCUT2D eigenvalue weighted by molar-refractivity contribution is 7.95. The molecular formula is C18H20N2O4S. The van der Waals surface area contributed by atoms with Crippen LogP contribution in [-0.4, -0.2) is 20.2 Å². The van der Waals surface area contributed by atoms with Crippen molar-refractivity contribution in [2.24, 2.45) is 0 Å². The normalized spacial score (nSPS) is 11.0. The number of carbonyl (C=O) groups excluding carboxylic acids is 2. The van der Waals surface area contributed by atoms with E-state index in [4.69, 9.17) is 0 Å². The van der Waals surface area contributed by atoms with E-state index < -0.39 is 22.0 Å². The first kappa shape index (κ1) is 18.7. The van der Waals surface area contributed by atoms with Gasteiger partial charge in [-0.1, -0.05) is 50.2 Å². The summed E-state index contributed by atoms with van der Waals surface area (Å²) >= 11 is 0. The van der Waals surface area contributed by atoms with Crippen molar-refractivity contribution in [3.8, 4) is 0 Å². The number of anilines is 2. The molecule has 0 heterocycles. The molecule has 0 aromatic heterocycles. The van der Waals surface area contributed by atoms with Gasteiger partial charge < -0.3 is 0 Å². The first-order chi connectivity index (χ1) is 11.9. The molecule has 132 valence electrons. The molecule has 25 heavy (non-hydrogen) atoms. The first-order valence-corrected chi connectivity index (χ1v) is 9.34. The molecule has 0 saturated heterocycles. The summed E-state index contributed by atoms with van der Waals surface area (Å²) in [4.78, 5) is 24.8. The molecular weight excluding hydrogens is 340 g/mol. The molecule has 0 aliphatic rings. The van der Waals surface area contributed by atoms with Gasteiger partial charge in [0.2, 0.25) is 11.8 Å². The number of benzene rings is 2. The molecule has 0 bridgehead atoms. The summed E-state index contributed by atoms with van der Waals surface area (Å²) in [6.07, 6.45) is -0.0336. The molecule has 0 atom stereocenters. The Morgan fingerprint density at radius 2 is 1.04 bits per heavy atom. The standard InChI is InChI=1S/C18H20N2O4S/c1-3-17(21)19(15-11-7-5-8-12-15)25(23,24)20(18(22)4-2)16-13-9-6-10-14-16/h5-14H,3-4H2,1-2H3. The lowest BCUT2D eigenvalue weighted by Gasteiger charge is -2.29. The topological polar surface area (TPSA) is 74.8 Å². The lowest BCUT2D eigenvalue weighted by molar-refractivity contribution is -0.117. The summed E-state index contributed by atoms with van der Waals surface area (Å²) in [7, 11) is -4.42. The van der Waals surface area contributed by atoms with Gasteiger partial charge in [0.1, 0.15) is 0 Å². The SMILES string of the molecule is CCC(=O)N(c1ccccc1)S(=O)(=O)N(C(=O)CC)c1ccccc1. The van der Waals surface area contributed by atoms with Crippen LogP contribution in [0.1, 0.15) is 26.7 Å². The van der Waals surface area contributed by atoms with Gasteiger partial charge in [0, 0.05) is 12.8 Å². The fourth-order valence-electron chi connectivity index (χ4n) is 2.31. The molecule has 2 amide bonds. The first-order valence-electron chi connectivity index (χ1n) is 7.94. The molecule has 0 radical (unpaired) electrons. The Morgan fingerprint density at radius 3 is 1.32 bits per heavy atom. The minimum Gasteiger partial charge on any atom is -0.273 e. The van der Waals surface area contributed by atoms with Crippen LogP contribution in [0.25, 0.3) is 0 Å². The molecule has 0 fully saturated rings. The highest BCUT2D eigenvalue weighted by atomic mass is 32.2. The Hall–Kier alpha value is -2.67. The second kappa shape index (κ2) is 7.94. The zero-order valence-corrected chi connectivity index (χ0v) is 14.9. The van der Waals surface area contributed by atoms with Crippen molar-refractivity contribution < 1.29 is 18.0 Å². The third-order valence-corrected chi connectivity index (χ3v) is 5.25. The summed E-state index contributed by atoms with van der Waals surface area (Å²) in [6, 6.07) is 16.0. The molecule has 0 saturated carbocycles. The van der Waals surface area contributed by atoms with Crippen LogP contribution in [0.2, 0.25) is 0 Å². The average molecular weight is 360 g/mol. The van der Waals surface area contributed by atoms with Crippen LogP contribution in [0, 0.1) is 0 Å². The van der Waals surface area contributed by atoms with Gasteiger partial charge in [-0.15, -0.1) is 0 Å². The predicted molar refractivity (Wildman–Crippen MR) is 97.4 cm³/mol. The van der Waals surface area contributed by atoms with Crippen molar-refractivity contribution >= 4 is 33.4 Å². The van der Waals surface area contributed by atoms with Crippen LogP contribution in [0.3, 0.4) is 0 Å². The molecule has 0 unspecified atom stereocenters. The van der Waals surface area contributed by atoms with Crippen molar-refractivity contribution in [2.75, 3.05) is 8.61 Å². The maximum Gasteiger partial charge on any atom is 0.339 e. The molecule has 0 N–H and O–H groups in total. The van der Waals surface area contributed by atoms with E-state index >= 15 is 0 Å². The van der Waals surface area contributed by atoms with E-state index in [2.05, 4.69) is 0 Å². The van der Waals surface area contributed by atoms with E-state index in [1.165, 1.54) is 24.3 Å². The van der Waals surface area contributed by atoms with Crippen molar-refractivity contribution in [3.63, 3.8) is 0 Å². The molecule has 6 nitrogen and oxygen atoms in total. The Bertz CT molecular complexity index is 770. The second-order valence-electron chi connectivity index (χ2n) is 5.20. The average Bonchev–Trinajstić information content (AvgIpc) is 2.63. The van der Waals surface area contributed by atoms with Crippen molar-refractivity contribution in [1.82, 2.24) is 0 Å². The summed E-state index contributed by atoms with van der Waals surface area (Å²) in [6.45, 7) is 3.14. The summed E-state index contributed by atoms with van der Waals surface area (Å²) in [5.41, 5.74) is 0.387. The summed E-state index contributed by atoms with van der Waals surface area (Å²) in [5, 5.41) is 0. The van der Waals surface area contributed by atoms with Crippen LogP contribution in [0.4, 0.5) is 11.4 Å². The monoisotopic (exact) mass is 360 g/mol. The maximum absolute atomic E-state index is 13.2. The van der Waals surface area contributed by atoms with Gasteiger partial charge in [-0.2, -0.15) is 17.0 Å². The van der Waals surface area contributed by atoms with Crippen LogP contribution in [0.5, 0.6) is 0 Å². The highest BCUT2D eigenvalue weighted by Gasteiger charge is 2.37. The zero-order valence-electron chi connectivity index (χ0n) is 14.1. The molecule has 7 heteroatoms. The van der Waals surface area contributed by atoms with Gasteiger partial charge in [0.05, 0.1) is 11.4 Å². The number of nitrogens with zero attached hydrogens (tertiary/aromatic N) is 2. The fraction of sp³-hybridized carbons (Fsp3) is 0.222. The summed E-state index contributed by atoms with van der Waals surface area (Å²) in [5.74, 6) is -1.23. The van der Waals surface area contributed by atoms with Gasteiger partial charge in [-0.05, 0) is 24.3 Å². The molecule has 2 rings (SSSR count).